The van der Waals surface area contributed by atoms with E-state index in [1.165, 1.54) is 19.3 Å². The summed E-state index contributed by atoms with van der Waals surface area (Å²) >= 11 is 0. The summed E-state index contributed by atoms with van der Waals surface area (Å²) in [5.74, 6) is -0.280. The summed E-state index contributed by atoms with van der Waals surface area (Å²) in [4.78, 5) is 11.2. The lowest BCUT2D eigenvalue weighted by Crippen LogP contribution is -2.13. The maximum absolute atomic E-state index is 11.2. The van der Waals surface area contributed by atoms with Gasteiger partial charge in [0.05, 0.1) is 6.61 Å². The van der Waals surface area contributed by atoms with Gasteiger partial charge in [0.2, 0.25) is 0 Å². The minimum Gasteiger partial charge on any atom is -0.462 e. The van der Waals surface area contributed by atoms with Gasteiger partial charge in [-0.25, -0.2) is 4.79 Å². The van der Waals surface area contributed by atoms with Crippen LogP contribution in [0.15, 0.2) is 12.2 Å². The highest BCUT2D eigenvalue weighted by atomic mass is 28.2. The van der Waals surface area contributed by atoms with Crippen molar-refractivity contribution in [2.24, 2.45) is 0 Å². The first-order valence-electron chi connectivity index (χ1n) is 6.52. The molecule has 0 aliphatic heterocycles. The molecule has 0 spiro atoms. The Morgan fingerprint density at radius 3 is 2.59 bits per heavy atom. The minimum absolute atomic E-state index is 0.280. The number of carbonyl (C=O) groups is 1. The van der Waals surface area contributed by atoms with Crippen molar-refractivity contribution in [2.75, 3.05) is 13.2 Å². The first-order chi connectivity index (χ1) is 8.11. The number of ether oxygens (including phenoxy) is 1. The number of rotatable bonds is 10. The lowest BCUT2D eigenvalue weighted by atomic mass is 10.1. The molecule has 1 atom stereocenters. The van der Waals surface area contributed by atoms with Crippen molar-refractivity contribution in [3.63, 3.8) is 0 Å². The Morgan fingerprint density at radius 1 is 1.35 bits per heavy atom. The van der Waals surface area contributed by atoms with Gasteiger partial charge in [0.15, 0.2) is 9.76 Å². The fourth-order valence-electron chi connectivity index (χ4n) is 1.53. The molecule has 0 heterocycles. The van der Waals surface area contributed by atoms with Crippen molar-refractivity contribution in [2.45, 2.75) is 52.0 Å². The molecule has 0 N–H and O–H groups in total. The van der Waals surface area contributed by atoms with E-state index in [1.54, 1.807) is 6.92 Å². The van der Waals surface area contributed by atoms with E-state index < -0.39 is 9.76 Å². The predicted molar refractivity (Wildman–Crippen MR) is 73.8 cm³/mol. The molecule has 0 radical (unpaired) electrons. The van der Waals surface area contributed by atoms with E-state index in [4.69, 9.17) is 9.16 Å². The van der Waals surface area contributed by atoms with Crippen LogP contribution in [0.4, 0.5) is 0 Å². The number of esters is 1. The summed E-state index contributed by atoms with van der Waals surface area (Å²) in [6.45, 7) is 10.8. The summed E-state index contributed by atoms with van der Waals surface area (Å²) in [6, 6.07) is 0. The Bertz CT molecular complexity index is 221. The van der Waals surface area contributed by atoms with E-state index in [0.29, 0.717) is 17.7 Å². The number of carbonyl (C=O) groups excluding carboxylic acids is 1. The van der Waals surface area contributed by atoms with Gasteiger partial charge in [-0.2, -0.15) is 0 Å². The first-order valence-corrected chi connectivity index (χ1v) is 7.91. The molecule has 4 heteroatoms. The second-order valence-electron chi connectivity index (χ2n) is 4.37. The predicted octanol–water partition coefficient (Wildman–Crippen LogP) is 2.59. The van der Waals surface area contributed by atoms with Crippen molar-refractivity contribution in [3.8, 4) is 0 Å². The molecule has 0 aliphatic rings. The Kier molecular flexibility index (Phi) is 10.2. The van der Waals surface area contributed by atoms with Crippen LogP contribution >= 0.6 is 0 Å². The lowest BCUT2D eigenvalue weighted by molar-refractivity contribution is -0.139. The van der Waals surface area contributed by atoms with Crippen molar-refractivity contribution < 1.29 is 14.0 Å². The second kappa shape index (κ2) is 10.5. The van der Waals surface area contributed by atoms with E-state index in [9.17, 15) is 4.79 Å². The molecule has 1 unspecified atom stereocenters. The van der Waals surface area contributed by atoms with Crippen LogP contribution in [0.2, 0.25) is 5.54 Å². The summed E-state index contributed by atoms with van der Waals surface area (Å²) in [7, 11) is -0.473. The van der Waals surface area contributed by atoms with Crippen LogP contribution in [0, 0.1) is 0 Å². The van der Waals surface area contributed by atoms with Gasteiger partial charge in [0.25, 0.3) is 0 Å². The summed E-state index contributed by atoms with van der Waals surface area (Å²) in [6.07, 6.45) is 4.58. The van der Waals surface area contributed by atoms with Crippen LogP contribution in [0.25, 0.3) is 0 Å². The molecule has 0 aliphatic carbocycles. The van der Waals surface area contributed by atoms with E-state index >= 15 is 0 Å². The number of hydrogen-bond acceptors (Lipinski definition) is 3. The molecule has 0 amide bonds. The zero-order valence-electron chi connectivity index (χ0n) is 11.5. The molecule has 0 saturated heterocycles. The largest absolute Gasteiger partial charge is 0.462 e. The maximum atomic E-state index is 11.2. The molecule has 0 aromatic heterocycles. The maximum Gasteiger partial charge on any atom is 0.333 e. The lowest BCUT2D eigenvalue weighted by Gasteiger charge is -2.15. The quantitative estimate of drug-likeness (QED) is 0.343. The standard InChI is InChI=1S/C13H26O3Si/c1-5-7-8-12(17-16-6-2)9-10-15-13(14)11(3)4/h12H,3,5-10,17H2,1-2,4H3. The number of hydrogen-bond donors (Lipinski definition) is 0. The van der Waals surface area contributed by atoms with Gasteiger partial charge >= 0.3 is 5.97 Å². The third kappa shape index (κ3) is 9.12. The zero-order chi connectivity index (χ0) is 13.1. The van der Waals surface area contributed by atoms with Crippen LogP contribution in [0.3, 0.4) is 0 Å². The van der Waals surface area contributed by atoms with Gasteiger partial charge in [-0.15, -0.1) is 0 Å². The fourth-order valence-corrected chi connectivity index (χ4v) is 2.89. The Balaban J connectivity index is 3.81. The van der Waals surface area contributed by atoms with Gasteiger partial charge in [-0.1, -0.05) is 32.8 Å². The zero-order valence-corrected chi connectivity index (χ0v) is 12.9. The number of unbranched alkanes of at least 4 members (excludes halogenated alkanes) is 1. The molecular formula is C13H26O3Si. The van der Waals surface area contributed by atoms with Gasteiger partial charge < -0.3 is 9.16 Å². The molecule has 0 fully saturated rings. The monoisotopic (exact) mass is 258 g/mol. The third-order valence-electron chi connectivity index (χ3n) is 2.63. The smallest absolute Gasteiger partial charge is 0.333 e. The van der Waals surface area contributed by atoms with Crippen molar-refractivity contribution >= 4 is 15.7 Å². The topological polar surface area (TPSA) is 35.5 Å². The van der Waals surface area contributed by atoms with Crippen molar-refractivity contribution in [1.82, 2.24) is 0 Å². The molecule has 0 bridgehead atoms. The first kappa shape index (κ1) is 16.4. The van der Waals surface area contributed by atoms with Crippen LogP contribution in [0.1, 0.15) is 46.5 Å². The Morgan fingerprint density at radius 2 is 2.06 bits per heavy atom. The van der Waals surface area contributed by atoms with E-state index in [1.807, 2.05) is 6.92 Å². The normalized spacial score (nSPS) is 12.9. The fraction of sp³-hybridized carbons (Fsp3) is 0.769. The van der Waals surface area contributed by atoms with E-state index in [2.05, 4.69) is 13.5 Å². The summed E-state index contributed by atoms with van der Waals surface area (Å²) in [5, 5.41) is 0. The molecule has 0 aromatic carbocycles. The Hall–Kier alpha value is -0.613. The average molecular weight is 258 g/mol. The molecule has 17 heavy (non-hydrogen) atoms. The van der Waals surface area contributed by atoms with Gasteiger partial charge in [-0.3, -0.25) is 0 Å². The molecular weight excluding hydrogens is 232 g/mol. The third-order valence-corrected chi connectivity index (χ3v) is 4.56. The van der Waals surface area contributed by atoms with Crippen LogP contribution < -0.4 is 0 Å². The average Bonchev–Trinajstić information content (AvgIpc) is 2.31. The molecule has 3 nitrogen and oxygen atoms in total. The van der Waals surface area contributed by atoms with Crippen LogP contribution in [-0.2, 0) is 14.0 Å². The van der Waals surface area contributed by atoms with Gasteiger partial charge in [0, 0.05) is 12.2 Å². The minimum atomic E-state index is -0.473. The highest BCUT2D eigenvalue weighted by molar-refractivity contribution is 6.29. The molecule has 100 valence electrons. The van der Waals surface area contributed by atoms with E-state index in [0.717, 1.165) is 13.0 Å². The summed E-state index contributed by atoms with van der Waals surface area (Å²) < 4.78 is 10.7. The van der Waals surface area contributed by atoms with E-state index in [-0.39, 0.29) is 5.97 Å². The van der Waals surface area contributed by atoms with Crippen LogP contribution in [0.5, 0.6) is 0 Å². The van der Waals surface area contributed by atoms with Crippen LogP contribution in [-0.4, -0.2) is 28.9 Å². The highest BCUT2D eigenvalue weighted by Crippen LogP contribution is 2.18. The van der Waals surface area contributed by atoms with Crippen molar-refractivity contribution in [3.05, 3.63) is 12.2 Å². The Labute approximate surface area is 108 Å². The molecule has 0 aromatic rings. The van der Waals surface area contributed by atoms with Gasteiger partial charge in [0.1, 0.15) is 0 Å². The van der Waals surface area contributed by atoms with Crippen molar-refractivity contribution in [1.29, 1.82) is 0 Å². The SMILES string of the molecule is C=C(C)C(=O)OCCC(CCCC)[SiH2]OCC. The highest BCUT2D eigenvalue weighted by Gasteiger charge is 2.11. The molecule has 0 saturated carbocycles. The molecule has 0 rings (SSSR count). The summed E-state index contributed by atoms with van der Waals surface area (Å²) in [5.41, 5.74) is 1.10. The van der Waals surface area contributed by atoms with Gasteiger partial charge in [-0.05, 0) is 25.8 Å². The second-order valence-corrected chi connectivity index (χ2v) is 6.27.